The Morgan fingerprint density at radius 1 is 0.708 bits per heavy atom. The fourth-order valence-electron chi connectivity index (χ4n) is 2.57. The molecule has 2 N–H and O–H groups in total. The molecule has 5 heteroatoms. The Hall–Kier alpha value is -2.55. The number of nitrogens with zero attached hydrogens (tertiary/aromatic N) is 1. The lowest BCUT2D eigenvalue weighted by Crippen LogP contribution is -2.18. The van der Waals surface area contributed by atoms with Gasteiger partial charge in [0.1, 0.15) is 11.5 Å². The van der Waals surface area contributed by atoms with Crippen molar-refractivity contribution in [3.05, 3.63) is 78.9 Å². The van der Waals surface area contributed by atoms with Crippen LogP contribution in [-0.4, -0.2) is 17.3 Å². The molecule has 3 aromatic rings. The van der Waals surface area contributed by atoms with Crippen LogP contribution in [-0.2, 0) is 4.52 Å². The number of benzene rings is 3. The second-order valence-corrected chi connectivity index (χ2v) is 7.85. The fourth-order valence-corrected chi connectivity index (χ4v) is 5.33. The summed E-state index contributed by atoms with van der Waals surface area (Å²) in [7, 11) is -1.30. The summed E-state index contributed by atoms with van der Waals surface area (Å²) < 4.78 is 10.7. The zero-order chi connectivity index (χ0) is 17.0. The lowest BCUT2D eigenvalue weighted by Gasteiger charge is -2.25. The van der Waals surface area contributed by atoms with Crippen molar-refractivity contribution in [2.45, 2.75) is 0 Å². The first-order valence-corrected chi connectivity index (χ1v) is 9.13. The Kier molecular flexibility index (Phi) is 4.70. The summed E-state index contributed by atoms with van der Waals surface area (Å²) in [5.74, 6) is 0.186. The summed E-state index contributed by atoms with van der Waals surface area (Å²) in [4.78, 5) is 0. The smallest absolute Gasteiger partial charge is 0.155 e. The van der Waals surface area contributed by atoms with Crippen LogP contribution in [0, 0.1) is 0 Å². The molecule has 0 aliphatic carbocycles. The second-order valence-electron chi connectivity index (χ2n) is 5.17. The van der Waals surface area contributed by atoms with Gasteiger partial charge in [0.25, 0.3) is 0 Å². The number of para-hydroxylation sites is 2. The predicted molar refractivity (Wildman–Crippen MR) is 97.9 cm³/mol. The molecule has 0 aliphatic rings. The van der Waals surface area contributed by atoms with Crippen LogP contribution >= 0.6 is 7.28 Å². The molecule has 24 heavy (non-hydrogen) atoms. The molecular weight excluding hydrogens is 321 g/mol. The highest BCUT2D eigenvalue weighted by atomic mass is 31.2. The van der Waals surface area contributed by atoms with E-state index in [1.165, 1.54) is 0 Å². The Morgan fingerprint density at radius 2 is 1.17 bits per heavy atom. The molecule has 0 atom stereocenters. The van der Waals surface area contributed by atoms with Crippen molar-refractivity contribution in [3.63, 3.8) is 0 Å². The summed E-state index contributed by atoms with van der Waals surface area (Å²) in [5, 5.41) is 22.0. The van der Waals surface area contributed by atoms with Crippen LogP contribution < -0.4 is 10.6 Å². The molecule has 4 nitrogen and oxygen atoms in total. The summed E-state index contributed by atoms with van der Waals surface area (Å²) in [6.45, 7) is 0. The first-order chi connectivity index (χ1) is 11.7. The Morgan fingerprint density at radius 3 is 1.62 bits per heavy atom. The molecular formula is C19H18NO3P. The molecule has 3 aromatic carbocycles. The minimum absolute atomic E-state index is 0.0932. The summed E-state index contributed by atoms with van der Waals surface area (Å²) in [5.41, 5.74) is 0.721. The minimum atomic E-state index is -2.85. The molecule has 3 rings (SSSR count). The molecule has 0 spiro atoms. The van der Waals surface area contributed by atoms with Crippen LogP contribution in [0.3, 0.4) is 0 Å². The Balaban J connectivity index is 2.39. The van der Waals surface area contributed by atoms with Crippen molar-refractivity contribution in [2.75, 3.05) is 7.11 Å². The van der Waals surface area contributed by atoms with Crippen LogP contribution in [0.2, 0.25) is 0 Å². The fraction of sp³-hybridized carbons (Fsp3) is 0.0526. The number of aromatic hydroxyl groups is 2. The van der Waals surface area contributed by atoms with Gasteiger partial charge < -0.3 is 14.7 Å². The molecule has 0 unspecified atom stereocenters. The number of rotatable bonds is 4. The van der Waals surface area contributed by atoms with Crippen molar-refractivity contribution in [3.8, 4) is 11.5 Å². The van der Waals surface area contributed by atoms with E-state index in [2.05, 4.69) is 0 Å². The van der Waals surface area contributed by atoms with Gasteiger partial charge >= 0.3 is 0 Å². The Bertz CT molecular complexity index is 844. The minimum Gasteiger partial charge on any atom is -0.507 e. The second kappa shape index (κ2) is 6.91. The van der Waals surface area contributed by atoms with Gasteiger partial charge in [-0.05, 0) is 36.4 Å². The van der Waals surface area contributed by atoms with Gasteiger partial charge in [-0.15, -0.1) is 0 Å². The topological polar surface area (TPSA) is 62.0 Å². The van der Waals surface area contributed by atoms with E-state index in [-0.39, 0.29) is 11.5 Å². The van der Waals surface area contributed by atoms with Crippen molar-refractivity contribution < 1.29 is 14.7 Å². The van der Waals surface area contributed by atoms with Gasteiger partial charge in [-0.3, -0.25) is 0 Å². The molecule has 0 saturated carbocycles. The molecule has 122 valence electrons. The van der Waals surface area contributed by atoms with E-state index in [1.807, 2.05) is 42.5 Å². The van der Waals surface area contributed by atoms with Crippen molar-refractivity contribution in [1.82, 2.24) is 0 Å². The summed E-state index contributed by atoms with van der Waals surface area (Å²) >= 11 is 0. The lowest BCUT2D eigenvalue weighted by molar-refractivity contribution is 0.454. The largest absolute Gasteiger partial charge is 0.507 e. The quantitative estimate of drug-likeness (QED) is 0.702. The maximum Gasteiger partial charge on any atom is 0.155 e. The maximum absolute atomic E-state index is 10.4. The predicted octanol–water partition coefficient (Wildman–Crippen LogP) is 4.14. The van der Waals surface area contributed by atoms with Crippen molar-refractivity contribution in [2.24, 2.45) is 4.74 Å². The third kappa shape index (κ3) is 2.94. The highest BCUT2D eigenvalue weighted by Crippen LogP contribution is 2.53. The van der Waals surface area contributed by atoms with Gasteiger partial charge in [0.2, 0.25) is 0 Å². The van der Waals surface area contributed by atoms with Crippen molar-refractivity contribution >= 4 is 23.6 Å². The number of phenols is 2. The third-order valence-corrected chi connectivity index (χ3v) is 6.80. The first-order valence-electron chi connectivity index (χ1n) is 7.47. The van der Waals surface area contributed by atoms with Crippen LogP contribution in [0.4, 0.5) is 5.69 Å². The third-order valence-electron chi connectivity index (χ3n) is 3.69. The highest BCUT2D eigenvalue weighted by Gasteiger charge is 2.30. The van der Waals surface area contributed by atoms with E-state index in [4.69, 9.17) is 9.27 Å². The van der Waals surface area contributed by atoms with E-state index in [9.17, 15) is 10.2 Å². The van der Waals surface area contributed by atoms with Crippen LogP contribution in [0.5, 0.6) is 11.5 Å². The Labute approximate surface area is 141 Å². The van der Waals surface area contributed by atoms with E-state index in [0.29, 0.717) is 10.6 Å². The van der Waals surface area contributed by atoms with E-state index in [0.717, 1.165) is 5.69 Å². The average Bonchev–Trinajstić information content (AvgIpc) is 2.62. The molecule has 0 bridgehead atoms. The summed E-state index contributed by atoms with van der Waals surface area (Å²) in [6.07, 6.45) is 0. The van der Waals surface area contributed by atoms with E-state index in [1.54, 1.807) is 43.5 Å². The van der Waals surface area contributed by atoms with E-state index < -0.39 is 7.28 Å². The van der Waals surface area contributed by atoms with Gasteiger partial charge in [-0.25, -0.2) is 4.74 Å². The molecule has 0 amide bonds. The molecule has 0 saturated heterocycles. The lowest BCUT2D eigenvalue weighted by atomic mass is 10.3. The van der Waals surface area contributed by atoms with Crippen molar-refractivity contribution in [1.29, 1.82) is 0 Å². The van der Waals surface area contributed by atoms with Gasteiger partial charge in [0.05, 0.1) is 16.3 Å². The van der Waals surface area contributed by atoms with Gasteiger partial charge in [0.15, 0.2) is 7.28 Å². The SMILES string of the molecule is COP(=Nc1ccccc1)(c1ccccc1O)c1ccccc1O. The number of phenolic OH excluding ortho intramolecular Hbond substituents is 2. The molecule has 0 aromatic heterocycles. The first kappa shape index (κ1) is 16.3. The molecule has 0 radical (unpaired) electrons. The van der Waals surface area contributed by atoms with Crippen LogP contribution in [0.25, 0.3) is 0 Å². The standard InChI is InChI=1S/C19H18NO3P/c1-23-24(18-13-7-5-11-16(18)21,19-14-8-6-12-17(19)22)20-15-9-3-2-4-10-15/h2-14,21-22H,1H3. The number of hydrogen-bond acceptors (Lipinski definition) is 4. The average molecular weight is 339 g/mol. The van der Waals surface area contributed by atoms with Gasteiger partial charge in [0, 0.05) is 7.11 Å². The monoisotopic (exact) mass is 339 g/mol. The van der Waals surface area contributed by atoms with Gasteiger partial charge in [-0.2, -0.15) is 0 Å². The normalized spacial score (nSPS) is 11.2. The van der Waals surface area contributed by atoms with Crippen LogP contribution in [0.15, 0.2) is 83.6 Å². The zero-order valence-electron chi connectivity index (χ0n) is 13.2. The molecule has 0 heterocycles. The highest BCUT2D eigenvalue weighted by molar-refractivity contribution is 7.77. The summed E-state index contributed by atoms with van der Waals surface area (Å²) in [6, 6.07) is 23.3. The van der Waals surface area contributed by atoms with Crippen LogP contribution in [0.1, 0.15) is 0 Å². The molecule has 0 aliphatic heterocycles. The number of hydrogen-bond donors (Lipinski definition) is 2. The molecule has 0 fully saturated rings. The van der Waals surface area contributed by atoms with E-state index >= 15 is 0 Å². The maximum atomic E-state index is 10.4. The zero-order valence-corrected chi connectivity index (χ0v) is 14.1. The van der Waals surface area contributed by atoms with Gasteiger partial charge in [-0.1, -0.05) is 42.5 Å².